The number of phenolic OH excluding ortho intramolecular Hbond substituents is 2. The molecular formula is C22H20O6. The van der Waals surface area contributed by atoms with Crippen molar-refractivity contribution in [3.63, 3.8) is 0 Å². The van der Waals surface area contributed by atoms with Gasteiger partial charge in [0.2, 0.25) is 0 Å². The predicted molar refractivity (Wildman–Crippen MR) is 103 cm³/mol. The van der Waals surface area contributed by atoms with Crippen molar-refractivity contribution in [2.45, 2.75) is 6.61 Å². The van der Waals surface area contributed by atoms with Crippen molar-refractivity contribution in [2.24, 2.45) is 0 Å². The summed E-state index contributed by atoms with van der Waals surface area (Å²) in [7, 11) is 1.31. The first kappa shape index (κ1) is 20.5. The maximum absolute atomic E-state index is 11.6. The summed E-state index contributed by atoms with van der Waals surface area (Å²) in [5.41, 5.74) is 1.81. The van der Waals surface area contributed by atoms with E-state index in [0.717, 1.165) is 5.56 Å². The van der Waals surface area contributed by atoms with Crippen molar-refractivity contribution >= 4 is 11.9 Å². The standard InChI is InChI=1S/C14H12O3.C8H8O3/c15-13-8-6-12(7-9-13)14(16)17-10-11-4-2-1-3-5-11;1-11-8(10)6-2-4-7(9)5-3-6/h1-9,15H,10H2;2-5,9H,1H3. The molecule has 2 N–H and O–H groups in total. The fourth-order valence-corrected chi connectivity index (χ4v) is 2.12. The molecule has 6 nitrogen and oxygen atoms in total. The average molecular weight is 380 g/mol. The van der Waals surface area contributed by atoms with Gasteiger partial charge in [0.25, 0.3) is 0 Å². The molecule has 0 unspecified atom stereocenters. The molecule has 0 aliphatic heterocycles. The Hall–Kier alpha value is -3.80. The van der Waals surface area contributed by atoms with Gasteiger partial charge in [-0.05, 0) is 54.1 Å². The van der Waals surface area contributed by atoms with E-state index < -0.39 is 11.9 Å². The van der Waals surface area contributed by atoms with E-state index in [-0.39, 0.29) is 18.1 Å². The highest BCUT2D eigenvalue weighted by molar-refractivity contribution is 5.89. The van der Waals surface area contributed by atoms with Gasteiger partial charge in [-0.3, -0.25) is 0 Å². The molecule has 3 aromatic carbocycles. The van der Waals surface area contributed by atoms with Gasteiger partial charge in [-0.1, -0.05) is 30.3 Å². The normalized spacial score (nSPS) is 9.61. The van der Waals surface area contributed by atoms with Crippen molar-refractivity contribution in [1.29, 1.82) is 0 Å². The van der Waals surface area contributed by atoms with E-state index in [1.54, 1.807) is 0 Å². The van der Waals surface area contributed by atoms with Crippen LogP contribution in [0, 0.1) is 0 Å². The van der Waals surface area contributed by atoms with Gasteiger partial charge in [0.05, 0.1) is 18.2 Å². The summed E-state index contributed by atoms with van der Waals surface area (Å²) in [6, 6.07) is 21.3. The van der Waals surface area contributed by atoms with Crippen LogP contribution in [0.3, 0.4) is 0 Å². The zero-order valence-electron chi connectivity index (χ0n) is 15.2. The number of carbonyl (C=O) groups is 2. The summed E-state index contributed by atoms with van der Waals surface area (Å²) in [6.45, 7) is 0.251. The first-order chi connectivity index (χ1) is 13.5. The Kier molecular flexibility index (Phi) is 7.60. The van der Waals surface area contributed by atoms with E-state index in [1.807, 2.05) is 30.3 Å². The van der Waals surface area contributed by atoms with Crippen LogP contribution >= 0.6 is 0 Å². The number of benzene rings is 3. The van der Waals surface area contributed by atoms with E-state index in [0.29, 0.717) is 11.1 Å². The Morgan fingerprint density at radius 1 is 0.714 bits per heavy atom. The molecule has 0 saturated heterocycles. The summed E-state index contributed by atoms with van der Waals surface area (Å²) >= 11 is 0. The molecule has 0 radical (unpaired) electrons. The number of rotatable bonds is 4. The molecule has 0 bridgehead atoms. The van der Waals surface area contributed by atoms with E-state index in [4.69, 9.17) is 14.9 Å². The highest BCUT2D eigenvalue weighted by Gasteiger charge is 2.06. The summed E-state index contributed by atoms with van der Waals surface area (Å²) in [4.78, 5) is 22.4. The van der Waals surface area contributed by atoms with Crippen LogP contribution in [-0.4, -0.2) is 29.3 Å². The minimum atomic E-state index is -0.398. The second-order valence-corrected chi connectivity index (χ2v) is 5.65. The van der Waals surface area contributed by atoms with Crippen LogP contribution in [-0.2, 0) is 16.1 Å². The van der Waals surface area contributed by atoms with Gasteiger partial charge in [0.1, 0.15) is 18.1 Å². The topological polar surface area (TPSA) is 93.1 Å². The summed E-state index contributed by atoms with van der Waals surface area (Å²) in [6.07, 6.45) is 0. The largest absolute Gasteiger partial charge is 0.508 e. The van der Waals surface area contributed by atoms with Gasteiger partial charge in [0, 0.05) is 0 Å². The monoisotopic (exact) mass is 380 g/mol. The van der Waals surface area contributed by atoms with E-state index in [9.17, 15) is 9.59 Å². The SMILES string of the molecule is COC(=O)c1ccc(O)cc1.O=C(OCc1ccccc1)c1ccc(O)cc1. The van der Waals surface area contributed by atoms with Gasteiger partial charge in [0.15, 0.2) is 0 Å². The minimum absolute atomic E-state index is 0.129. The maximum Gasteiger partial charge on any atom is 0.338 e. The average Bonchev–Trinajstić information content (AvgIpc) is 2.74. The molecule has 28 heavy (non-hydrogen) atoms. The molecule has 0 amide bonds. The van der Waals surface area contributed by atoms with Crippen molar-refractivity contribution < 1.29 is 29.3 Å². The number of esters is 2. The van der Waals surface area contributed by atoms with E-state index >= 15 is 0 Å². The molecule has 0 atom stereocenters. The Morgan fingerprint density at radius 2 is 1.18 bits per heavy atom. The van der Waals surface area contributed by atoms with Crippen LogP contribution in [0.15, 0.2) is 78.9 Å². The van der Waals surface area contributed by atoms with Crippen LogP contribution in [0.25, 0.3) is 0 Å². The van der Waals surface area contributed by atoms with Crippen molar-refractivity contribution in [3.8, 4) is 11.5 Å². The number of carbonyl (C=O) groups excluding carboxylic acids is 2. The summed E-state index contributed by atoms with van der Waals surface area (Å²) in [5, 5.41) is 18.0. The molecule has 3 aromatic rings. The number of methoxy groups -OCH3 is 1. The van der Waals surface area contributed by atoms with Crippen LogP contribution < -0.4 is 0 Å². The molecule has 144 valence electrons. The second kappa shape index (κ2) is 10.4. The van der Waals surface area contributed by atoms with Crippen LogP contribution in [0.1, 0.15) is 26.3 Å². The minimum Gasteiger partial charge on any atom is -0.508 e. The third-order valence-electron chi connectivity index (χ3n) is 3.60. The van der Waals surface area contributed by atoms with E-state index in [2.05, 4.69) is 4.74 Å². The van der Waals surface area contributed by atoms with Gasteiger partial charge in [-0.25, -0.2) is 9.59 Å². The fourth-order valence-electron chi connectivity index (χ4n) is 2.12. The fraction of sp³-hybridized carbons (Fsp3) is 0.0909. The van der Waals surface area contributed by atoms with Gasteiger partial charge < -0.3 is 19.7 Å². The lowest BCUT2D eigenvalue weighted by Gasteiger charge is -2.04. The maximum atomic E-state index is 11.6. The Labute approximate surface area is 162 Å². The van der Waals surface area contributed by atoms with Crippen LogP contribution in [0.4, 0.5) is 0 Å². The molecule has 0 spiro atoms. The lowest BCUT2D eigenvalue weighted by Crippen LogP contribution is -2.04. The van der Waals surface area contributed by atoms with Gasteiger partial charge >= 0.3 is 11.9 Å². The smallest absolute Gasteiger partial charge is 0.338 e. The third kappa shape index (κ3) is 6.49. The zero-order valence-corrected chi connectivity index (χ0v) is 15.2. The highest BCUT2D eigenvalue weighted by Crippen LogP contribution is 2.12. The number of phenols is 2. The molecule has 3 rings (SSSR count). The highest BCUT2D eigenvalue weighted by atomic mass is 16.5. The Bertz CT molecular complexity index is 887. The lowest BCUT2D eigenvalue weighted by molar-refractivity contribution is 0.0472. The molecule has 0 aromatic heterocycles. The molecule has 0 heterocycles. The molecular weight excluding hydrogens is 360 g/mol. The zero-order chi connectivity index (χ0) is 20.4. The second-order valence-electron chi connectivity index (χ2n) is 5.65. The Morgan fingerprint density at radius 3 is 1.64 bits per heavy atom. The van der Waals surface area contributed by atoms with Crippen LogP contribution in [0.2, 0.25) is 0 Å². The third-order valence-corrected chi connectivity index (χ3v) is 3.60. The molecule has 0 aliphatic rings. The number of hydrogen-bond donors (Lipinski definition) is 2. The Balaban J connectivity index is 0.000000221. The molecule has 0 saturated carbocycles. The first-order valence-electron chi connectivity index (χ1n) is 8.37. The van der Waals surface area contributed by atoms with E-state index in [1.165, 1.54) is 55.6 Å². The first-order valence-corrected chi connectivity index (χ1v) is 8.37. The number of aromatic hydroxyl groups is 2. The summed E-state index contributed by atoms with van der Waals surface area (Å²) < 4.78 is 9.59. The lowest BCUT2D eigenvalue weighted by atomic mass is 10.2. The number of ether oxygens (including phenoxy) is 2. The molecule has 0 aliphatic carbocycles. The van der Waals surface area contributed by atoms with Gasteiger partial charge in [-0.2, -0.15) is 0 Å². The quantitative estimate of drug-likeness (QED) is 0.666. The number of hydrogen-bond acceptors (Lipinski definition) is 6. The molecule has 0 fully saturated rings. The van der Waals surface area contributed by atoms with Crippen molar-refractivity contribution in [1.82, 2.24) is 0 Å². The molecule has 6 heteroatoms. The van der Waals surface area contributed by atoms with Crippen LogP contribution in [0.5, 0.6) is 11.5 Å². The van der Waals surface area contributed by atoms with Crippen molar-refractivity contribution in [3.05, 3.63) is 95.6 Å². The summed E-state index contributed by atoms with van der Waals surface area (Å²) in [5.74, 6) is -0.527. The predicted octanol–water partition coefficient (Wildman–Crippen LogP) is 3.93. The van der Waals surface area contributed by atoms with Crippen molar-refractivity contribution in [2.75, 3.05) is 7.11 Å². The van der Waals surface area contributed by atoms with Gasteiger partial charge in [-0.15, -0.1) is 0 Å².